The molecule has 0 unspecified atom stereocenters. The van der Waals surface area contributed by atoms with E-state index in [1.165, 1.54) is 35.4 Å². The van der Waals surface area contributed by atoms with Crippen molar-refractivity contribution in [2.45, 2.75) is 32.4 Å². The normalized spacial score (nSPS) is 19.0. The van der Waals surface area contributed by atoms with Crippen molar-refractivity contribution in [3.05, 3.63) is 107 Å². The number of carbonyl (C=O) groups is 1. The van der Waals surface area contributed by atoms with Gasteiger partial charge in [0, 0.05) is 26.2 Å². The second-order valence-corrected chi connectivity index (χ2v) is 8.71. The fourth-order valence-electron chi connectivity index (χ4n) is 4.50. The zero-order chi connectivity index (χ0) is 22.5. The molecule has 4 rings (SSSR count). The summed E-state index contributed by atoms with van der Waals surface area (Å²) in [5.74, 6) is -0.521. The number of aryl methyl sites for hydroxylation is 1. The minimum atomic E-state index is -0.306. The van der Waals surface area contributed by atoms with Crippen molar-refractivity contribution in [2.24, 2.45) is 5.92 Å². The number of likely N-dealkylation sites (tertiary alicyclic amines) is 1. The van der Waals surface area contributed by atoms with Crippen LogP contribution in [0.5, 0.6) is 0 Å². The number of amides is 1. The first-order chi connectivity index (χ1) is 15.5. The molecule has 32 heavy (non-hydrogen) atoms. The molecular formula is C27H28F2N2O. The van der Waals surface area contributed by atoms with Gasteiger partial charge in [0.15, 0.2) is 0 Å². The van der Waals surface area contributed by atoms with E-state index in [1.54, 1.807) is 24.3 Å². The maximum absolute atomic E-state index is 13.5. The number of benzene rings is 3. The predicted molar refractivity (Wildman–Crippen MR) is 122 cm³/mol. The summed E-state index contributed by atoms with van der Waals surface area (Å²) in [4.78, 5) is 15.3. The Kier molecular flexibility index (Phi) is 6.96. The topological polar surface area (TPSA) is 32.3 Å². The van der Waals surface area contributed by atoms with E-state index in [2.05, 4.69) is 41.4 Å². The average Bonchev–Trinajstić information content (AvgIpc) is 2.79. The highest BCUT2D eigenvalue weighted by molar-refractivity contribution is 5.79. The Balaban J connectivity index is 1.49. The molecule has 0 radical (unpaired) electrons. The smallest absolute Gasteiger partial charge is 0.224 e. The lowest BCUT2D eigenvalue weighted by atomic mass is 9.83. The van der Waals surface area contributed by atoms with Crippen LogP contribution in [0, 0.1) is 24.5 Å². The SMILES string of the molecule is Cc1cccc([C@H]2C[C@@H](C(=O)NCc3cccc(F)c3)CN(Cc3ccc(F)cc3)C2)c1. The van der Waals surface area contributed by atoms with E-state index in [-0.39, 0.29) is 29.4 Å². The van der Waals surface area contributed by atoms with Crippen LogP contribution in [0.25, 0.3) is 0 Å². The second kappa shape index (κ2) is 10.0. The van der Waals surface area contributed by atoms with Crippen molar-refractivity contribution in [3.63, 3.8) is 0 Å². The minimum Gasteiger partial charge on any atom is -0.352 e. The molecule has 0 aliphatic carbocycles. The molecule has 2 atom stereocenters. The molecular weight excluding hydrogens is 406 g/mol. The lowest BCUT2D eigenvalue weighted by Gasteiger charge is -2.37. The molecule has 1 heterocycles. The van der Waals surface area contributed by atoms with Crippen LogP contribution in [0.4, 0.5) is 8.78 Å². The summed E-state index contributed by atoms with van der Waals surface area (Å²) >= 11 is 0. The molecule has 5 heteroatoms. The summed E-state index contributed by atoms with van der Waals surface area (Å²) in [7, 11) is 0. The van der Waals surface area contributed by atoms with Gasteiger partial charge in [0.1, 0.15) is 11.6 Å². The van der Waals surface area contributed by atoms with Gasteiger partial charge in [-0.15, -0.1) is 0 Å². The Morgan fingerprint density at radius 2 is 1.72 bits per heavy atom. The van der Waals surface area contributed by atoms with E-state index in [4.69, 9.17) is 0 Å². The second-order valence-electron chi connectivity index (χ2n) is 8.71. The van der Waals surface area contributed by atoms with Gasteiger partial charge < -0.3 is 5.32 Å². The van der Waals surface area contributed by atoms with Crippen molar-refractivity contribution < 1.29 is 13.6 Å². The van der Waals surface area contributed by atoms with Crippen LogP contribution in [-0.2, 0) is 17.9 Å². The van der Waals surface area contributed by atoms with Crippen molar-refractivity contribution in [1.82, 2.24) is 10.2 Å². The fourth-order valence-corrected chi connectivity index (χ4v) is 4.50. The van der Waals surface area contributed by atoms with Crippen molar-refractivity contribution in [3.8, 4) is 0 Å². The summed E-state index contributed by atoms with van der Waals surface area (Å²) in [6.07, 6.45) is 0.762. The third kappa shape index (κ3) is 5.80. The Morgan fingerprint density at radius 3 is 2.47 bits per heavy atom. The van der Waals surface area contributed by atoms with Gasteiger partial charge in [-0.05, 0) is 60.2 Å². The zero-order valence-corrected chi connectivity index (χ0v) is 18.2. The molecule has 1 saturated heterocycles. The van der Waals surface area contributed by atoms with Crippen LogP contribution in [0.1, 0.15) is 34.6 Å². The molecule has 0 aromatic heterocycles. The van der Waals surface area contributed by atoms with Gasteiger partial charge in [-0.3, -0.25) is 9.69 Å². The Bertz CT molecular complexity index is 1070. The fraction of sp³-hybridized carbons (Fsp3) is 0.296. The summed E-state index contributed by atoms with van der Waals surface area (Å²) in [6, 6.07) is 21.3. The van der Waals surface area contributed by atoms with Crippen LogP contribution in [0.3, 0.4) is 0 Å². The largest absolute Gasteiger partial charge is 0.352 e. The number of piperidine rings is 1. The van der Waals surface area contributed by atoms with E-state index < -0.39 is 0 Å². The average molecular weight is 435 g/mol. The maximum atomic E-state index is 13.5. The van der Waals surface area contributed by atoms with Crippen molar-refractivity contribution >= 4 is 5.91 Å². The van der Waals surface area contributed by atoms with Crippen LogP contribution >= 0.6 is 0 Å². The molecule has 3 aromatic carbocycles. The third-order valence-electron chi connectivity index (χ3n) is 6.09. The quantitative estimate of drug-likeness (QED) is 0.579. The third-order valence-corrected chi connectivity index (χ3v) is 6.09. The summed E-state index contributed by atoms with van der Waals surface area (Å²) in [5.41, 5.74) is 4.20. The first-order valence-electron chi connectivity index (χ1n) is 11.0. The number of rotatable bonds is 6. The molecule has 1 aliphatic rings. The zero-order valence-electron chi connectivity index (χ0n) is 18.2. The van der Waals surface area contributed by atoms with E-state index in [1.807, 2.05) is 0 Å². The molecule has 1 fully saturated rings. The molecule has 3 aromatic rings. The molecule has 0 saturated carbocycles. The number of nitrogens with one attached hydrogen (secondary N) is 1. The Hall–Kier alpha value is -3.05. The van der Waals surface area contributed by atoms with E-state index in [0.717, 1.165) is 24.1 Å². The van der Waals surface area contributed by atoms with E-state index in [9.17, 15) is 13.6 Å². The number of hydrogen-bond acceptors (Lipinski definition) is 2. The van der Waals surface area contributed by atoms with Gasteiger partial charge in [-0.25, -0.2) is 8.78 Å². The minimum absolute atomic E-state index is 0.0179. The standard InChI is InChI=1S/C27H28F2N2O/c1-19-4-2-6-22(12-19)23-14-24(27(32)30-15-21-5-3-7-26(29)13-21)18-31(17-23)16-20-8-10-25(28)11-9-20/h2-13,23-24H,14-18H2,1H3,(H,30,32)/t23-,24+/m0/s1. The van der Waals surface area contributed by atoms with Crippen LogP contribution in [-0.4, -0.2) is 23.9 Å². The molecule has 3 nitrogen and oxygen atoms in total. The molecule has 1 amide bonds. The van der Waals surface area contributed by atoms with E-state index in [0.29, 0.717) is 19.6 Å². The van der Waals surface area contributed by atoms with Gasteiger partial charge in [-0.2, -0.15) is 0 Å². The Morgan fingerprint density at radius 1 is 0.938 bits per heavy atom. The van der Waals surface area contributed by atoms with Gasteiger partial charge in [0.2, 0.25) is 5.91 Å². The summed E-state index contributed by atoms with van der Waals surface area (Å²) in [5, 5.41) is 2.99. The van der Waals surface area contributed by atoms with Gasteiger partial charge in [-0.1, -0.05) is 54.1 Å². The summed E-state index contributed by atoms with van der Waals surface area (Å²) < 4.78 is 26.8. The van der Waals surface area contributed by atoms with E-state index >= 15 is 0 Å². The molecule has 1 N–H and O–H groups in total. The Labute approximate surface area is 188 Å². The molecule has 0 bridgehead atoms. The van der Waals surface area contributed by atoms with Crippen molar-refractivity contribution in [2.75, 3.05) is 13.1 Å². The van der Waals surface area contributed by atoms with Gasteiger partial charge in [0.05, 0.1) is 5.92 Å². The number of carbonyl (C=O) groups excluding carboxylic acids is 1. The molecule has 1 aliphatic heterocycles. The predicted octanol–water partition coefficient (Wildman–Crippen LogP) is 5.20. The lowest BCUT2D eigenvalue weighted by Crippen LogP contribution is -2.45. The number of halogens is 2. The van der Waals surface area contributed by atoms with Crippen LogP contribution in [0.15, 0.2) is 72.8 Å². The van der Waals surface area contributed by atoms with Crippen molar-refractivity contribution in [1.29, 1.82) is 0 Å². The first kappa shape index (κ1) is 22.2. The van der Waals surface area contributed by atoms with Gasteiger partial charge in [0.25, 0.3) is 0 Å². The first-order valence-corrected chi connectivity index (χ1v) is 11.0. The highest BCUT2D eigenvalue weighted by Gasteiger charge is 2.32. The lowest BCUT2D eigenvalue weighted by molar-refractivity contribution is -0.127. The van der Waals surface area contributed by atoms with Crippen LogP contribution < -0.4 is 5.32 Å². The summed E-state index contributed by atoms with van der Waals surface area (Å²) in [6.45, 7) is 4.52. The highest BCUT2D eigenvalue weighted by atomic mass is 19.1. The molecule has 0 spiro atoms. The van der Waals surface area contributed by atoms with Gasteiger partial charge >= 0.3 is 0 Å². The monoisotopic (exact) mass is 434 g/mol. The number of hydrogen-bond donors (Lipinski definition) is 1. The molecule has 166 valence electrons. The maximum Gasteiger partial charge on any atom is 0.224 e. The van der Waals surface area contributed by atoms with Crippen LogP contribution in [0.2, 0.25) is 0 Å². The highest BCUT2D eigenvalue weighted by Crippen LogP contribution is 2.32. The number of nitrogens with zero attached hydrogens (tertiary/aromatic N) is 1.